The molecule has 0 aromatic carbocycles. The van der Waals surface area contributed by atoms with Crippen molar-refractivity contribution >= 4 is 11.8 Å². The number of carbonyl (C=O) groups is 2. The van der Waals surface area contributed by atoms with Crippen molar-refractivity contribution in [2.24, 2.45) is 5.73 Å². The van der Waals surface area contributed by atoms with Gasteiger partial charge in [-0.2, -0.15) is 0 Å². The minimum Gasteiger partial charge on any atom is -0.395 e. The minimum atomic E-state index is -0.677. The van der Waals surface area contributed by atoms with E-state index < -0.39 is 11.8 Å². The van der Waals surface area contributed by atoms with Crippen molar-refractivity contribution < 1.29 is 14.7 Å². The molecule has 0 aliphatic rings. The molecule has 0 fully saturated rings. The number of hydrogen-bond acceptors (Lipinski definition) is 3. The zero-order valence-electron chi connectivity index (χ0n) is 5.91. The molecule has 0 unspecified atom stereocenters. The highest BCUT2D eigenvalue weighted by molar-refractivity contribution is 5.95. The van der Waals surface area contributed by atoms with Crippen molar-refractivity contribution in [2.75, 3.05) is 13.2 Å². The van der Waals surface area contributed by atoms with Crippen LogP contribution in [0.25, 0.3) is 0 Å². The molecule has 0 aliphatic heterocycles. The highest BCUT2D eigenvalue weighted by Gasteiger charge is 1.92. The first-order valence-electron chi connectivity index (χ1n) is 3.03. The fraction of sp³-hybridized carbons (Fsp3) is 0.333. The number of nitrogens with two attached hydrogens (primary N) is 1. The van der Waals surface area contributed by atoms with Gasteiger partial charge in [-0.15, -0.1) is 0 Å². The minimum absolute atomic E-state index is 0.129. The Balaban J connectivity index is 3.60. The first kappa shape index (κ1) is 9.64. The summed E-state index contributed by atoms with van der Waals surface area (Å²) in [5, 5.41) is 10.6. The summed E-state index contributed by atoms with van der Waals surface area (Å²) >= 11 is 0. The average molecular weight is 158 g/mol. The molecular formula is C6H10N2O3. The Morgan fingerprint density at radius 1 is 1.45 bits per heavy atom. The highest BCUT2D eigenvalue weighted by atomic mass is 16.3. The molecule has 0 aliphatic carbocycles. The number of nitrogens with one attached hydrogen (secondary N) is 1. The van der Waals surface area contributed by atoms with Crippen LogP contribution in [0.15, 0.2) is 12.2 Å². The molecule has 2 amide bonds. The van der Waals surface area contributed by atoms with Crippen LogP contribution in [0, 0.1) is 0 Å². The molecule has 0 spiro atoms. The number of carbonyl (C=O) groups excluding carboxylic acids is 2. The van der Waals surface area contributed by atoms with E-state index in [1.165, 1.54) is 0 Å². The van der Waals surface area contributed by atoms with Gasteiger partial charge in [-0.1, -0.05) is 0 Å². The van der Waals surface area contributed by atoms with Gasteiger partial charge in [-0.05, 0) is 0 Å². The molecule has 0 saturated heterocycles. The van der Waals surface area contributed by atoms with E-state index in [-0.39, 0.29) is 13.2 Å². The van der Waals surface area contributed by atoms with Crippen molar-refractivity contribution in [3.05, 3.63) is 12.2 Å². The van der Waals surface area contributed by atoms with Crippen LogP contribution in [0.4, 0.5) is 0 Å². The number of hydrogen-bond donors (Lipinski definition) is 3. The third kappa shape index (κ3) is 6.53. The third-order valence-electron chi connectivity index (χ3n) is 0.810. The predicted molar refractivity (Wildman–Crippen MR) is 38.4 cm³/mol. The number of primary amides is 1. The molecule has 0 saturated carbocycles. The second-order valence-corrected chi connectivity index (χ2v) is 1.75. The van der Waals surface area contributed by atoms with Crippen LogP contribution in [0.1, 0.15) is 0 Å². The smallest absolute Gasteiger partial charge is 0.244 e. The summed E-state index contributed by atoms with van der Waals surface area (Å²) < 4.78 is 0. The van der Waals surface area contributed by atoms with Crippen molar-refractivity contribution in [3.8, 4) is 0 Å². The number of aliphatic hydroxyl groups excluding tert-OH is 1. The van der Waals surface area contributed by atoms with E-state index >= 15 is 0 Å². The summed E-state index contributed by atoms with van der Waals surface area (Å²) in [5.41, 5.74) is 4.71. The molecule has 5 nitrogen and oxygen atoms in total. The van der Waals surface area contributed by atoms with Crippen LogP contribution in [-0.4, -0.2) is 30.1 Å². The molecule has 0 aromatic rings. The molecule has 0 atom stereocenters. The van der Waals surface area contributed by atoms with E-state index in [1.54, 1.807) is 0 Å². The molecule has 62 valence electrons. The number of aliphatic hydroxyl groups is 1. The summed E-state index contributed by atoms with van der Waals surface area (Å²) in [4.78, 5) is 20.7. The van der Waals surface area contributed by atoms with Gasteiger partial charge in [0.1, 0.15) is 0 Å². The zero-order chi connectivity index (χ0) is 8.69. The largest absolute Gasteiger partial charge is 0.395 e. The van der Waals surface area contributed by atoms with E-state index in [1.807, 2.05) is 0 Å². The summed E-state index contributed by atoms with van der Waals surface area (Å²) in [6.45, 7) is 0.0398. The lowest BCUT2D eigenvalue weighted by atomic mass is 10.4. The quantitative estimate of drug-likeness (QED) is 0.419. The molecule has 0 aromatic heterocycles. The monoisotopic (exact) mass is 158 g/mol. The molecule has 0 rings (SSSR count). The maximum absolute atomic E-state index is 10.6. The maximum Gasteiger partial charge on any atom is 0.244 e. The summed E-state index contributed by atoms with van der Waals surface area (Å²) in [6, 6.07) is 0. The lowest BCUT2D eigenvalue weighted by Gasteiger charge is -1.95. The Bertz CT molecular complexity index is 177. The van der Waals surface area contributed by atoms with Crippen LogP contribution < -0.4 is 11.1 Å². The fourth-order valence-corrected chi connectivity index (χ4v) is 0.396. The predicted octanol–water partition coefficient (Wildman–Crippen LogP) is -1.86. The lowest BCUT2D eigenvalue weighted by Crippen LogP contribution is -2.24. The summed E-state index contributed by atoms with van der Waals surface area (Å²) in [6.07, 6.45) is 1.96. The standard InChI is InChI=1S/C6H10N2O3/c7-5(10)1-2-6(11)8-3-4-9/h1-2,9H,3-4H2,(H2,7,10)(H,8,11)/b2-1+. The van der Waals surface area contributed by atoms with E-state index in [0.29, 0.717) is 0 Å². The van der Waals surface area contributed by atoms with E-state index in [4.69, 9.17) is 10.8 Å². The van der Waals surface area contributed by atoms with Gasteiger partial charge in [0, 0.05) is 18.7 Å². The SMILES string of the molecule is NC(=O)/C=C/C(=O)NCCO. The van der Waals surface area contributed by atoms with Crippen molar-refractivity contribution in [3.63, 3.8) is 0 Å². The van der Waals surface area contributed by atoms with Crippen molar-refractivity contribution in [2.45, 2.75) is 0 Å². The van der Waals surface area contributed by atoms with Crippen LogP contribution in [0.5, 0.6) is 0 Å². The van der Waals surface area contributed by atoms with Gasteiger partial charge < -0.3 is 16.2 Å². The highest BCUT2D eigenvalue weighted by Crippen LogP contribution is 1.71. The molecule has 4 N–H and O–H groups in total. The first-order valence-corrected chi connectivity index (χ1v) is 3.03. The summed E-state index contributed by atoms with van der Waals surface area (Å²) in [5.74, 6) is -1.12. The zero-order valence-corrected chi connectivity index (χ0v) is 5.91. The molecule has 11 heavy (non-hydrogen) atoms. The molecular weight excluding hydrogens is 148 g/mol. The van der Waals surface area contributed by atoms with Crippen LogP contribution in [-0.2, 0) is 9.59 Å². The van der Waals surface area contributed by atoms with Gasteiger partial charge in [0.25, 0.3) is 0 Å². The molecule has 5 heteroatoms. The van der Waals surface area contributed by atoms with Gasteiger partial charge in [0.15, 0.2) is 0 Å². The van der Waals surface area contributed by atoms with Gasteiger partial charge in [0.05, 0.1) is 6.61 Å². The number of rotatable bonds is 4. The van der Waals surface area contributed by atoms with Crippen LogP contribution in [0.2, 0.25) is 0 Å². The van der Waals surface area contributed by atoms with Gasteiger partial charge in [-0.25, -0.2) is 0 Å². The fourth-order valence-electron chi connectivity index (χ4n) is 0.396. The second kappa shape index (κ2) is 5.43. The van der Waals surface area contributed by atoms with Gasteiger partial charge in [-0.3, -0.25) is 9.59 Å². The van der Waals surface area contributed by atoms with Crippen molar-refractivity contribution in [1.82, 2.24) is 5.32 Å². The Kier molecular flexibility index (Phi) is 4.76. The lowest BCUT2D eigenvalue weighted by molar-refractivity contribution is -0.117. The number of amides is 2. The van der Waals surface area contributed by atoms with E-state index in [2.05, 4.69) is 5.32 Å². The Morgan fingerprint density at radius 2 is 2.09 bits per heavy atom. The van der Waals surface area contributed by atoms with E-state index in [9.17, 15) is 9.59 Å². The third-order valence-corrected chi connectivity index (χ3v) is 0.810. The van der Waals surface area contributed by atoms with Crippen LogP contribution in [0.3, 0.4) is 0 Å². The van der Waals surface area contributed by atoms with E-state index in [0.717, 1.165) is 12.2 Å². The van der Waals surface area contributed by atoms with Gasteiger partial charge >= 0.3 is 0 Å². The van der Waals surface area contributed by atoms with Crippen molar-refractivity contribution in [1.29, 1.82) is 0 Å². The molecule has 0 radical (unpaired) electrons. The second-order valence-electron chi connectivity index (χ2n) is 1.75. The Morgan fingerprint density at radius 3 is 2.55 bits per heavy atom. The summed E-state index contributed by atoms with van der Waals surface area (Å²) in [7, 11) is 0. The topological polar surface area (TPSA) is 92.4 Å². The van der Waals surface area contributed by atoms with Crippen LogP contribution >= 0.6 is 0 Å². The Hall–Kier alpha value is -1.36. The average Bonchev–Trinajstić information content (AvgIpc) is 1.97. The Labute approximate surface area is 63.9 Å². The molecule has 0 heterocycles. The normalized spacial score (nSPS) is 9.91. The maximum atomic E-state index is 10.6. The molecule has 0 bridgehead atoms. The first-order chi connectivity index (χ1) is 5.16. The van der Waals surface area contributed by atoms with Gasteiger partial charge in [0.2, 0.25) is 11.8 Å².